The molecule has 0 saturated carbocycles. The number of benzene rings is 1. The normalized spacial score (nSPS) is 21.7. The van der Waals surface area contributed by atoms with Crippen LogP contribution in [0, 0.1) is 12.8 Å². The highest BCUT2D eigenvalue weighted by Gasteiger charge is 2.38. The SMILES string of the molecule is Cc1ccc(C2(O)CCN(C(=O)C3CCOc4ccccc4C3)CC2)nc1. The largest absolute Gasteiger partial charge is 0.493 e. The average molecular weight is 366 g/mol. The van der Waals surface area contributed by atoms with Crippen LogP contribution in [0.5, 0.6) is 5.75 Å². The molecule has 1 N–H and O–H groups in total. The van der Waals surface area contributed by atoms with Crippen LogP contribution < -0.4 is 4.74 Å². The van der Waals surface area contributed by atoms with Gasteiger partial charge in [-0.05, 0) is 55.9 Å². The van der Waals surface area contributed by atoms with Gasteiger partial charge in [-0.1, -0.05) is 24.3 Å². The maximum Gasteiger partial charge on any atom is 0.226 e. The molecule has 1 atom stereocenters. The van der Waals surface area contributed by atoms with E-state index in [4.69, 9.17) is 4.74 Å². The highest BCUT2D eigenvalue weighted by molar-refractivity contribution is 5.79. The summed E-state index contributed by atoms with van der Waals surface area (Å²) in [7, 11) is 0. The summed E-state index contributed by atoms with van der Waals surface area (Å²) in [6.07, 6.45) is 4.28. The second kappa shape index (κ2) is 7.31. The van der Waals surface area contributed by atoms with E-state index in [0.29, 0.717) is 38.2 Å². The van der Waals surface area contributed by atoms with Gasteiger partial charge < -0.3 is 14.7 Å². The summed E-state index contributed by atoms with van der Waals surface area (Å²) in [4.78, 5) is 19.4. The number of pyridine rings is 1. The molecule has 142 valence electrons. The van der Waals surface area contributed by atoms with Gasteiger partial charge in [0.05, 0.1) is 12.3 Å². The van der Waals surface area contributed by atoms with Crippen molar-refractivity contribution in [3.63, 3.8) is 0 Å². The standard InChI is InChI=1S/C22H26N2O3/c1-16-6-7-20(23-15-16)22(26)9-11-24(12-10-22)21(25)18-8-13-27-19-5-3-2-4-17(19)14-18/h2-7,15,18,26H,8-14H2,1H3. The summed E-state index contributed by atoms with van der Waals surface area (Å²) in [5.74, 6) is 1.01. The van der Waals surface area contributed by atoms with Crippen molar-refractivity contribution < 1.29 is 14.6 Å². The van der Waals surface area contributed by atoms with E-state index in [2.05, 4.69) is 4.98 Å². The highest BCUT2D eigenvalue weighted by Crippen LogP contribution is 2.33. The van der Waals surface area contributed by atoms with Crippen LogP contribution in [0.3, 0.4) is 0 Å². The Hall–Kier alpha value is -2.40. The van der Waals surface area contributed by atoms with Crippen LogP contribution in [0.25, 0.3) is 0 Å². The molecule has 3 heterocycles. The number of amides is 1. The zero-order valence-electron chi connectivity index (χ0n) is 15.7. The fourth-order valence-electron chi connectivity index (χ4n) is 4.06. The van der Waals surface area contributed by atoms with Crippen LogP contribution in [-0.2, 0) is 16.8 Å². The lowest BCUT2D eigenvalue weighted by Gasteiger charge is -2.39. The van der Waals surface area contributed by atoms with Gasteiger partial charge in [0.15, 0.2) is 0 Å². The van der Waals surface area contributed by atoms with Crippen LogP contribution in [0.1, 0.15) is 36.1 Å². The second-order valence-corrected chi connectivity index (χ2v) is 7.72. The van der Waals surface area contributed by atoms with E-state index in [1.54, 1.807) is 6.20 Å². The van der Waals surface area contributed by atoms with E-state index in [9.17, 15) is 9.90 Å². The lowest BCUT2D eigenvalue weighted by atomic mass is 9.86. The highest BCUT2D eigenvalue weighted by atomic mass is 16.5. The minimum Gasteiger partial charge on any atom is -0.493 e. The first-order chi connectivity index (χ1) is 13.0. The number of likely N-dealkylation sites (tertiary alicyclic amines) is 1. The quantitative estimate of drug-likeness (QED) is 0.888. The van der Waals surface area contributed by atoms with Crippen molar-refractivity contribution in [3.8, 4) is 5.75 Å². The number of hydrogen-bond acceptors (Lipinski definition) is 4. The number of aliphatic hydroxyl groups is 1. The molecule has 27 heavy (non-hydrogen) atoms. The van der Waals surface area contributed by atoms with Crippen LogP contribution in [-0.4, -0.2) is 40.6 Å². The van der Waals surface area contributed by atoms with Crippen LogP contribution in [0.4, 0.5) is 0 Å². The van der Waals surface area contributed by atoms with E-state index in [0.717, 1.165) is 29.7 Å². The second-order valence-electron chi connectivity index (χ2n) is 7.72. The number of fused-ring (bicyclic) bond motifs is 1. The van der Waals surface area contributed by atoms with Gasteiger partial charge in [0.25, 0.3) is 0 Å². The first-order valence-corrected chi connectivity index (χ1v) is 9.70. The third kappa shape index (κ3) is 3.69. The molecule has 5 heteroatoms. The smallest absolute Gasteiger partial charge is 0.226 e. The zero-order valence-corrected chi connectivity index (χ0v) is 15.7. The van der Waals surface area contributed by atoms with Crippen LogP contribution in [0.15, 0.2) is 42.6 Å². The van der Waals surface area contributed by atoms with Crippen molar-refractivity contribution >= 4 is 5.91 Å². The number of rotatable bonds is 2. The van der Waals surface area contributed by atoms with E-state index in [1.165, 1.54) is 0 Å². The molecule has 0 radical (unpaired) electrons. The summed E-state index contributed by atoms with van der Waals surface area (Å²) in [6, 6.07) is 11.8. The number of hydrogen-bond donors (Lipinski definition) is 1. The Bertz CT molecular complexity index is 811. The van der Waals surface area contributed by atoms with E-state index in [-0.39, 0.29) is 11.8 Å². The summed E-state index contributed by atoms with van der Waals surface area (Å²) in [6.45, 7) is 3.67. The van der Waals surface area contributed by atoms with E-state index in [1.807, 2.05) is 48.2 Å². The summed E-state index contributed by atoms with van der Waals surface area (Å²) >= 11 is 0. The van der Waals surface area contributed by atoms with Crippen molar-refractivity contribution in [2.75, 3.05) is 19.7 Å². The number of ether oxygens (including phenoxy) is 1. The lowest BCUT2D eigenvalue weighted by Crippen LogP contribution is -2.47. The molecule has 2 aliphatic heterocycles. The van der Waals surface area contributed by atoms with Gasteiger partial charge in [0.2, 0.25) is 5.91 Å². The molecule has 0 aliphatic carbocycles. The van der Waals surface area contributed by atoms with Crippen molar-refractivity contribution in [2.45, 2.75) is 38.2 Å². The Balaban J connectivity index is 1.42. The number of aromatic nitrogens is 1. The molecule has 1 amide bonds. The van der Waals surface area contributed by atoms with Gasteiger partial charge in [0, 0.05) is 25.2 Å². The molecule has 0 spiro atoms. The fraction of sp³-hybridized carbons (Fsp3) is 0.455. The molecule has 1 unspecified atom stereocenters. The van der Waals surface area contributed by atoms with Crippen molar-refractivity contribution in [2.24, 2.45) is 5.92 Å². The number of carbonyl (C=O) groups is 1. The van der Waals surface area contributed by atoms with Crippen LogP contribution >= 0.6 is 0 Å². The summed E-state index contributed by atoms with van der Waals surface area (Å²) in [5, 5.41) is 11.0. The molecular formula is C22H26N2O3. The Morgan fingerprint density at radius 1 is 1.22 bits per heavy atom. The fourth-order valence-corrected chi connectivity index (χ4v) is 4.06. The Morgan fingerprint density at radius 2 is 2.00 bits per heavy atom. The first kappa shape index (κ1) is 18.0. The number of para-hydroxylation sites is 1. The van der Waals surface area contributed by atoms with Crippen molar-refractivity contribution in [3.05, 3.63) is 59.4 Å². The van der Waals surface area contributed by atoms with Crippen LogP contribution in [0.2, 0.25) is 0 Å². The van der Waals surface area contributed by atoms with Crippen molar-refractivity contribution in [1.82, 2.24) is 9.88 Å². The van der Waals surface area contributed by atoms with Gasteiger partial charge in [-0.15, -0.1) is 0 Å². The molecule has 1 aromatic heterocycles. The molecule has 2 aromatic rings. The Labute approximate surface area is 160 Å². The third-order valence-electron chi connectivity index (χ3n) is 5.80. The lowest BCUT2D eigenvalue weighted by molar-refractivity contribution is -0.140. The molecular weight excluding hydrogens is 340 g/mol. The topological polar surface area (TPSA) is 62.7 Å². The first-order valence-electron chi connectivity index (χ1n) is 9.70. The third-order valence-corrected chi connectivity index (χ3v) is 5.80. The zero-order chi connectivity index (χ0) is 18.9. The average Bonchev–Trinajstić information content (AvgIpc) is 2.91. The molecule has 1 fully saturated rings. The molecule has 1 saturated heterocycles. The number of piperidine rings is 1. The van der Waals surface area contributed by atoms with Gasteiger partial charge in [-0.3, -0.25) is 9.78 Å². The predicted molar refractivity (Wildman–Crippen MR) is 102 cm³/mol. The molecule has 5 nitrogen and oxygen atoms in total. The minimum atomic E-state index is -0.941. The predicted octanol–water partition coefficient (Wildman–Crippen LogP) is 2.84. The molecule has 0 bridgehead atoms. The molecule has 4 rings (SSSR count). The monoisotopic (exact) mass is 366 g/mol. The molecule has 1 aromatic carbocycles. The van der Waals surface area contributed by atoms with Gasteiger partial charge >= 0.3 is 0 Å². The van der Waals surface area contributed by atoms with E-state index < -0.39 is 5.60 Å². The number of nitrogens with zero attached hydrogens (tertiary/aromatic N) is 2. The van der Waals surface area contributed by atoms with Gasteiger partial charge in [-0.25, -0.2) is 0 Å². The Morgan fingerprint density at radius 3 is 2.74 bits per heavy atom. The van der Waals surface area contributed by atoms with E-state index >= 15 is 0 Å². The summed E-state index contributed by atoms with van der Waals surface area (Å²) < 4.78 is 5.80. The number of aryl methyl sites for hydroxylation is 1. The van der Waals surface area contributed by atoms with Gasteiger partial charge in [-0.2, -0.15) is 0 Å². The Kier molecular flexibility index (Phi) is 4.87. The molecule has 2 aliphatic rings. The van der Waals surface area contributed by atoms with Crippen molar-refractivity contribution in [1.29, 1.82) is 0 Å². The van der Waals surface area contributed by atoms with Gasteiger partial charge in [0.1, 0.15) is 11.4 Å². The minimum absolute atomic E-state index is 0.0580. The maximum absolute atomic E-state index is 13.1. The number of carbonyl (C=O) groups excluding carboxylic acids is 1. The maximum atomic E-state index is 13.1. The summed E-state index contributed by atoms with van der Waals surface area (Å²) in [5.41, 5.74) is 1.94.